The molecule has 138 valence electrons. The van der Waals surface area contributed by atoms with Crippen molar-refractivity contribution in [2.45, 2.75) is 20.8 Å². The molecule has 0 bridgehead atoms. The van der Waals surface area contributed by atoms with E-state index in [1.165, 1.54) is 0 Å². The second kappa shape index (κ2) is 9.25. The Morgan fingerprint density at radius 2 is 1.69 bits per heavy atom. The molecular weight excluding hydrogens is 350 g/mol. The van der Waals surface area contributed by atoms with E-state index in [1.54, 1.807) is 35.2 Å². The molecule has 0 aliphatic heterocycles. The predicted molar refractivity (Wildman–Crippen MR) is 107 cm³/mol. The monoisotopic (exact) mass is 373 g/mol. The van der Waals surface area contributed by atoms with E-state index >= 15 is 0 Å². The summed E-state index contributed by atoms with van der Waals surface area (Å²) in [4.78, 5) is 26.1. The molecule has 0 saturated carbocycles. The molecule has 2 amide bonds. The first-order valence-electron chi connectivity index (χ1n) is 8.63. The molecular formula is C20H24ClN3O2. The van der Waals surface area contributed by atoms with E-state index in [0.717, 1.165) is 11.3 Å². The van der Waals surface area contributed by atoms with Crippen molar-refractivity contribution in [3.63, 3.8) is 0 Å². The molecule has 0 aromatic heterocycles. The molecule has 26 heavy (non-hydrogen) atoms. The highest BCUT2D eigenvalue weighted by Crippen LogP contribution is 2.19. The van der Waals surface area contributed by atoms with Crippen LogP contribution in [-0.2, 0) is 4.79 Å². The zero-order valence-electron chi connectivity index (χ0n) is 15.3. The standard InChI is InChI=1S/C20H24ClN3O2/c1-4-24(5-2)20(26)15-6-9-17(10-7-15)23-19(25)13-22-18-11-8-16(21)12-14(18)3/h6-12,22H,4-5,13H2,1-3H3,(H,23,25). The van der Waals surface area contributed by atoms with Crippen LogP contribution >= 0.6 is 11.6 Å². The molecule has 0 radical (unpaired) electrons. The predicted octanol–water partition coefficient (Wildman–Crippen LogP) is 4.18. The van der Waals surface area contributed by atoms with E-state index in [-0.39, 0.29) is 18.4 Å². The van der Waals surface area contributed by atoms with Gasteiger partial charge in [0.15, 0.2) is 0 Å². The molecule has 0 unspecified atom stereocenters. The highest BCUT2D eigenvalue weighted by atomic mass is 35.5. The molecule has 0 saturated heterocycles. The van der Waals surface area contributed by atoms with Gasteiger partial charge in [-0.25, -0.2) is 0 Å². The van der Waals surface area contributed by atoms with Crippen molar-refractivity contribution >= 4 is 34.8 Å². The number of anilines is 2. The number of halogens is 1. The Kier molecular flexibility index (Phi) is 7.04. The van der Waals surface area contributed by atoms with Gasteiger partial charge in [-0.1, -0.05) is 11.6 Å². The molecule has 2 rings (SSSR count). The van der Waals surface area contributed by atoms with Gasteiger partial charge < -0.3 is 15.5 Å². The number of benzene rings is 2. The first-order chi connectivity index (χ1) is 12.4. The molecule has 0 aliphatic rings. The summed E-state index contributed by atoms with van der Waals surface area (Å²) in [7, 11) is 0. The van der Waals surface area contributed by atoms with Gasteiger partial charge in [0.1, 0.15) is 0 Å². The van der Waals surface area contributed by atoms with Gasteiger partial charge >= 0.3 is 0 Å². The molecule has 0 atom stereocenters. The summed E-state index contributed by atoms with van der Waals surface area (Å²) < 4.78 is 0. The second-order valence-corrected chi connectivity index (χ2v) is 6.35. The van der Waals surface area contributed by atoms with Crippen LogP contribution in [0.2, 0.25) is 5.02 Å². The molecule has 2 aromatic carbocycles. The molecule has 2 N–H and O–H groups in total. The first-order valence-corrected chi connectivity index (χ1v) is 9.01. The second-order valence-electron chi connectivity index (χ2n) is 5.92. The third-order valence-corrected chi connectivity index (χ3v) is 4.33. The lowest BCUT2D eigenvalue weighted by Gasteiger charge is -2.18. The van der Waals surface area contributed by atoms with E-state index in [9.17, 15) is 9.59 Å². The van der Waals surface area contributed by atoms with Crippen LogP contribution in [-0.4, -0.2) is 36.3 Å². The summed E-state index contributed by atoms with van der Waals surface area (Å²) in [5.41, 5.74) is 3.11. The number of amides is 2. The highest BCUT2D eigenvalue weighted by Gasteiger charge is 2.12. The minimum atomic E-state index is -0.165. The SMILES string of the molecule is CCN(CC)C(=O)c1ccc(NC(=O)CNc2ccc(Cl)cc2C)cc1. The molecule has 0 fully saturated rings. The summed E-state index contributed by atoms with van der Waals surface area (Å²) >= 11 is 5.93. The average Bonchev–Trinajstić information content (AvgIpc) is 2.62. The van der Waals surface area contributed by atoms with E-state index in [4.69, 9.17) is 11.6 Å². The molecule has 5 nitrogen and oxygen atoms in total. The quantitative estimate of drug-likeness (QED) is 0.765. The topological polar surface area (TPSA) is 61.4 Å². The Balaban J connectivity index is 1.92. The van der Waals surface area contributed by atoms with Crippen LogP contribution in [0.3, 0.4) is 0 Å². The molecule has 0 aliphatic carbocycles. The van der Waals surface area contributed by atoms with Crippen molar-refractivity contribution in [1.29, 1.82) is 0 Å². The Labute approximate surface area is 159 Å². The summed E-state index contributed by atoms with van der Waals surface area (Å²) in [5.74, 6) is -0.171. The van der Waals surface area contributed by atoms with Gasteiger partial charge in [0.25, 0.3) is 5.91 Å². The van der Waals surface area contributed by atoms with E-state index in [1.807, 2.05) is 32.9 Å². The fraction of sp³-hybridized carbons (Fsp3) is 0.300. The zero-order valence-corrected chi connectivity index (χ0v) is 16.1. The number of hydrogen-bond donors (Lipinski definition) is 2. The molecule has 2 aromatic rings. The molecule has 6 heteroatoms. The number of aryl methyl sites for hydroxylation is 1. The van der Waals surface area contributed by atoms with Gasteiger partial charge in [-0.15, -0.1) is 0 Å². The summed E-state index contributed by atoms with van der Waals surface area (Å²) in [5, 5.41) is 6.57. The van der Waals surface area contributed by atoms with Crippen LogP contribution in [0.25, 0.3) is 0 Å². The van der Waals surface area contributed by atoms with E-state index in [2.05, 4.69) is 10.6 Å². The maximum atomic E-state index is 12.3. The van der Waals surface area contributed by atoms with Gasteiger partial charge in [-0.05, 0) is 68.8 Å². The van der Waals surface area contributed by atoms with Crippen molar-refractivity contribution < 1.29 is 9.59 Å². The maximum absolute atomic E-state index is 12.3. The highest BCUT2D eigenvalue weighted by molar-refractivity contribution is 6.30. The summed E-state index contributed by atoms with van der Waals surface area (Å²) in [6, 6.07) is 12.4. The number of carbonyl (C=O) groups is 2. The van der Waals surface area contributed by atoms with Crippen LogP contribution in [0.1, 0.15) is 29.8 Å². The van der Waals surface area contributed by atoms with E-state index in [0.29, 0.717) is 29.4 Å². The number of carbonyl (C=O) groups excluding carboxylic acids is 2. The van der Waals surface area contributed by atoms with Crippen LogP contribution < -0.4 is 10.6 Å². The Bertz CT molecular complexity index is 771. The van der Waals surface area contributed by atoms with Crippen LogP contribution in [0.5, 0.6) is 0 Å². The lowest BCUT2D eigenvalue weighted by molar-refractivity contribution is -0.114. The van der Waals surface area contributed by atoms with E-state index < -0.39 is 0 Å². The lowest BCUT2D eigenvalue weighted by Crippen LogP contribution is -2.30. The van der Waals surface area contributed by atoms with Gasteiger partial charge in [-0.3, -0.25) is 9.59 Å². The maximum Gasteiger partial charge on any atom is 0.253 e. The summed E-state index contributed by atoms with van der Waals surface area (Å²) in [6.07, 6.45) is 0. The Hall–Kier alpha value is -2.53. The third-order valence-electron chi connectivity index (χ3n) is 4.09. The smallest absolute Gasteiger partial charge is 0.253 e. The fourth-order valence-corrected chi connectivity index (χ4v) is 2.82. The number of nitrogens with zero attached hydrogens (tertiary/aromatic N) is 1. The number of hydrogen-bond acceptors (Lipinski definition) is 3. The summed E-state index contributed by atoms with van der Waals surface area (Å²) in [6.45, 7) is 7.31. The number of rotatable bonds is 7. The van der Waals surface area contributed by atoms with Crippen molar-refractivity contribution in [2.24, 2.45) is 0 Å². The average molecular weight is 374 g/mol. The normalized spacial score (nSPS) is 10.3. The van der Waals surface area contributed by atoms with Gasteiger partial charge in [0.05, 0.1) is 6.54 Å². The van der Waals surface area contributed by atoms with Gasteiger partial charge in [0, 0.05) is 35.1 Å². The molecule has 0 heterocycles. The van der Waals surface area contributed by atoms with Gasteiger partial charge in [-0.2, -0.15) is 0 Å². The largest absolute Gasteiger partial charge is 0.376 e. The van der Waals surface area contributed by atoms with Crippen molar-refractivity contribution in [3.8, 4) is 0 Å². The Morgan fingerprint density at radius 3 is 2.27 bits per heavy atom. The van der Waals surface area contributed by atoms with Crippen molar-refractivity contribution in [2.75, 3.05) is 30.3 Å². The first kappa shape index (κ1) is 19.8. The molecule has 0 spiro atoms. The van der Waals surface area contributed by atoms with Crippen LogP contribution in [0.15, 0.2) is 42.5 Å². The van der Waals surface area contributed by atoms with Crippen molar-refractivity contribution in [3.05, 3.63) is 58.6 Å². The van der Waals surface area contributed by atoms with Gasteiger partial charge in [0.2, 0.25) is 5.91 Å². The zero-order chi connectivity index (χ0) is 19.1. The fourth-order valence-electron chi connectivity index (χ4n) is 2.60. The minimum Gasteiger partial charge on any atom is -0.376 e. The number of nitrogens with one attached hydrogen (secondary N) is 2. The minimum absolute atomic E-state index is 0.00671. The van der Waals surface area contributed by atoms with Crippen LogP contribution in [0, 0.1) is 6.92 Å². The van der Waals surface area contributed by atoms with Crippen molar-refractivity contribution in [1.82, 2.24) is 4.90 Å². The lowest BCUT2D eigenvalue weighted by atomic mass is 10.1. The third kappa shape index (κ3) is 5.23. The Morgan fingerprint density at radius 1 is 1.04 bits per heavy atom. The van der Waals surface area contributed by atoms with Crippen LogP contribution in [0.4, 0.5) is 11.4 Å².